The van der Waals surface area contributed by atoms with Crippen molar-refractivity contribution in [2.75, 3.05) is 13.2 Å². The molecule has 280 valence electrons. The first-order chi connectivity index (χ1) is 22.8. The third-order valence-electron chi connectivity index (χ3n) is 9.71. The molecule has 7 atom stereocenters. The van der Waals surface area contributed by atoms with Crippen molar-refractivity contribution in [2.24, 2.45) is 0 Å². The normalized spacial score (nSPS) is 22.7. The summed E-state index contributed by atoms with van der Waals surface area (Å²) in [6.07, 6.45) is 22.7. The number of carbonyl (C=O) groups is 1. The van der Waals surface area contributed by atoms with Crippen LogP contribution < -0.4 is 5.32 Å². The molecule has 0 aromatic carbocycles. The number of ether oxygens (including phenoxy) is 2. The summed E-state index contributed by atoms with van der Waals surface area (Å²) in [5.41, 5.74) is 0. The second-order valence-corrected chi connectivity index (χ2v) is 14.1. The molecule has 1 amide bonds. The minimum Gasteiger partial charge on any atom is -0.394 e. The minimum absolute atomic E-state index is 0.133. The molecule has 47 heavy (non-hydrogen) atoms. The van der Waals surface area contributed by atoms with Gasteiger partial charge in [0.25, 0.3) is 0 Å². The van der Waals surface area contributed by atoms with E-state index in [9.17, 15) is 30.3 Å². The summed E-state index contributed by atoms with van der Waals surface area (Å²) < 4.78 is 11.2. The molecule has 1 rings (SSSR count). The molecular weight excluding hydrogens is 598 g/mol. The average Bonchev–Trinajstić information content (AvgIpc) is 3.07. The zero-order chi connectivity index (χ0) is 34.5. The second-order valence-electron chi connectivity index (χ2n) is 14.1. The van der Waals surface area contributed by atoms with Gasteiger partial charge < -0.3 is 40.3 Å². The number of unbranched alkanes of at least 4 members (excludes halogenated alkanes) is 22. The zero-order valence-electron chi connectivity index (χ0n) is 30.3. The Labute approximate surface area is 287 Å². The SMILES string of the molecule is CCCCCCCCCCCCCCCCCCC[C@@H](O)[C@H](CO[C@@H]1O[C@H](CO)[C@H](O)C(O)C1O)NC(=O)CCCCCCCCC. The lowest BCUT2D eigenvalue weighted by atomic mass is 9.99. The molecule has 2 unspecified atom stereocenters. The van der Waals surface area contributed by atoms with Crippen molar-refractivity contribution >= 4 is 5.91 Å². The molecular formula is C38H75NO8. The Morgan fingerprint density at radius 2 is 1.06 bits per heavy atom. The van der Waals surface area contributed by atoms with Crippen molar-refractivity contribution in [1.82, 2.24) is 5.32 Å². The predicted molar refractivity (Wildman–Crippen MR) is 189 cm³/mol. The van der Waals surface area contributed by atoms with Gasteiger partial charge in [-0.1, -0.05) is 162 Å². The van der Waals surface area contributed by atoms with Crippen LogP contribution in [0, 0.1) is 0 Å². The Hall–Kier alpha value is -0.810. The van der Waals surface area contributed by atoms with Crippen LogP contribution in [0.5, 0.6) is 0 Å². The van der Waals surface area contributed by atoms with Gasteiger partial charge in [-0.2, -0.15) is 0 Å². The highest BCUT2D eigenvalue weighted by atomic mass is 16.7. The fourth-order valence-electron chi connectivity index (χ4n) is 6.45. The van der Waals surface area contributed by atoms with Crippen LogP contribution in [0.15, 0.2) is 0 Å². The summed E-state index contributed by atoms with van der Waals surface area (Å²) >= 11 is 0. The smallest absolute Gasteiger partial charge is 0.220 e. The van der Waals surface area contributed by atoms with Gasteiger partial charge in [0.2, 0.25) is 5.91 Å². The highest BCUT2D eigenvalue weighted by Crippen LogP contribution is 2.23. The summed E-state index contributed by atoms with van der Waals surface area (Å²) in [6.45, 7) is 3.78. The van der Waals surface area contributed by atoms with Crippen LogP contribution in [-0.4, -0.2) is 87.5 Å². The Morgan fingerprint density at radius 3 is 1.51 bits per heavy atom. The van der Waals surface area contributed by atoms with Gasteiger partial charge in [0.1, 0.15) is 24.4 Å². The maximum absolute atomic E-state index is 12.8. The van der Waals surface area contributed by atoms with Gasteiger partial charge in [-0.15, -0.1) is 0 Å². The van der Waals surface area contributed by atoms with Gasteiger partial charge in [0.05, 0.1) is 25.4 Å². The van der Waals surface area contributed by atoms with E-state index >= 15 is 0 Å². The highest BCUT2D eigenvalue weighted by Gasteiger charge is 2.44. The number of aliphatic hydroxyl groups is 5. The molecule has 1 aliphatic rings. The molecule has 9 nitrogen and oxygen atoms in total. The number of hydrogen-bond acceptors (Lipinski definition) is 8. The number of carbonyl (C=O) groups excluding carboxylic acids is 1. The molecule has 1 fully saturated rings. The van der Waals surface area contributed by atoms with E-state index in [4.69, 9.17) is 9.47 Å². The zero-order valence-corrected chi connectivity index (χ0v) is 30.3. The maximum Gasteiger partial charge on any atom is 0.220 e. The predicted octanol–water partition coefficient (Wildman–Crippen LogP) is 6.83. The molecule has 0 spiro atoms. The Kier molecular flexibility index (Phi) is 28.3. The van der Waals surface area contributed by atoms with Gasteiger partial charge in [0.15, 0.2) is 6.29 Å². The molecule has 0 saturated carbocycles. The Balaban J connectivity index is 2.33. The molecule has 1 heterocycles. The van der Waals surface area contributed by atoms with Crippen LogP contribution in [-0.2, 0) is 14.3 Å². The molecule has 6 N–H and O–H groups in total. The van der Waals surface area contributed by atoms with E-state index in [1.165, 1.54) is 116 Å². The average molecular weight is 674 g/mol. The van der Waals surface area contributed by atoms with Gasteiger partial charge in [0, 0.05) is 6.42 Å². The highest BCUT2D eigenvalue weighted by molar-refractivity contribution is 5.76. The lowest BCUT2D eigenvalue weighted by Crippen LogP contribution is -2.60. The van der Waals surface area contributed by atoms with Gasteiger partial charge in [-0.05, 0) is 12.8 Å². The largest absolute Gasteiger partial charge is 0.394 e. The van der Waals surface area contributed by atoms with E-state index in [2.05, 4.69) is 19.2 Å². The van der Waals surface area contributed by atoms with E-state index in [-0.39, 0.29) is 12.5 Å². The molecule has 1 aliphatic heterocycles. The lowest BCUT2D eigenvalue weighted by Gasteiger charge is -2.40. The van der Waals surface area contributed by atoms with Gasteiger partial charge in [-0.3, -0.25) is 4.79 Å². The molecule has 9 heteroatoms. The van der Waals surface area contributed by atoms with Crippen LogP contribution in [0.4, 0.5) is 0 Å². The van der Waals surface area contributed by atoms with Crippen molar-refractivity contribution < 1.29 is 39.8 Å². The molecule has 0 aromatic heterocycles. The first-order valence-corrected chi connectivity index (χ1v) is 19.7. The summed E-state index contributed by atoms with van der Waals surface area (Å²) in [4.78, 5) is 12.8. The number of amides is 1. The van der Waals surface area contributed by atoms with Crippen molar-refractivity contribution in [3.05, 3.63) is 0 Å². The first kappa shape index (κ1) is 44.2. The van der Waals surface area contributed by atoms with Crippen molar-refractivity contribution in [2.45, 2.75) is 224 Å². The Bertz CT molecular complexity index is 711. The van der Waals surface area contributed by atoms with E-state index < -0.39 is 49.5 Å². The molecule has 1 saturated heterocycles. The maximum atomic E-state index is 12.8. The number of hydrogen-bond donors (Lipinski definition) is 6. The molecule has 0 aliphatic carbocycles. The minimum atomic E-state index is -1.55. The summed E-state index contributed by atoms with van der Waals surface area (Å²) in [7, 11) is 0. The van der Waals surface area contributed by atoms with E-state index in [0.29, 0.717) is 12.8 Å². The fraction of sp³-hybridized carbons (Fsp3) is 0.974. The van der Waals surface area contributed by atoms with Gasteiger partial charge in [-0.25, -0.2) is 0 Å². The van der Waals surface area contributed by atoms with Crippen molar-refractivity contribution in [1.29, 1.82) is 0 Å². The fourth-order valence-corrected chi connectivity index (χ4v) is 6.45. The second kappa shape index (κ2) is 30.1. The van der Waals surface area contributed by atoms with Crippen LogP contribution >= 0.6 is 0 Å². The number of nitrogens with one attached hydrogen (secondary N) is 1. The first-order valence-electron chi connectivity index (χ1n) is 19.7. The van der Waals surface area contributed by atoms with Crippen molar-refractivity contribution in [3.63, 3.8) is 0 Å². The van der Waals surface area contributed by atoms with Crippen LogP contribution in [0.2, 0.25) is 0 Å². The monoisotopic (exact) mass is 674 g/mol. The number of aliphatic hydroxyl groups excluding tert-OH is 5. The molecule has 0 aromatic rings. The summed E-state index contributed by atoms with van der Waals surface area (Å²) in [5, 5.41) is 53.9. The van der Waals surface area contributed by atoms with E-state index in [0.717, 1.165) is 38.5 Å². The van der Waals surface area contributed by atoms with E-state index in [1.54, 1.807) is 0 Å². The molecule has 0 radical (unpaired) electrons. The van der Waals surface area contributed by atoms with E-state index in [1.807, 2.05) is 0 Å². The van der Waals surface area contributed by atoms with Crippen LogP contribution in [0.25, 0.3) is 0 Å². The lowest BCUT2D eigenvalue weighted by molar-refractivity contribution is -0.302. The quantitative estimate of drug-likeness (QED) is 0.0426. The van der Waals surface area contributed by atoms with Crippen molar-refractivity contribution in [3.8, 4) is 0 Å². The summed E-state index contributed by atoms with van der Waals surface area (Å²) in [5.74, 6) is -0.151. The summed E-state index contributed by atoms with van der Waals surface area (Å²) in [6, 6.07) is -0.708. The topological polar surface area (TPSA) is 149 Å². The third kappa shape index (κ3) is 21.8. The van der Waals surface area contributed by atoms with Gasteiger partial charge >= 0.3 is 0 Å². The third-order valence-corrected chi connectivity index (χ3v) is 9.71. The van der Waals surface area contributed by atoms with Crippen LogP contribution in [0.3, 0.4) is 0 Å². The Morgan fingerprint density at radius 1 is 0.638 bits per heavy atom. The molecule has 0 bridgehead atoms. The van der Waals surface area contributed by atoms with Crippen LogP contribution in [0.1, 0.15) is 181 Å². The standard InChI is InChI=1S/C38H75NO8/c1-3-5-7-9-11-12-13-14-15-16-17-18-19-20-22-23-25-27-32(41)31(39-34(42)28-26-24-21-10-8-6-4-2)30-46-38-37(45)36(44)35(43)33(29-40)47-38/h31-33,35-38,40-41,43-45H,3-30H2,1-2H3,(H,39,42)/t31-,32+,33+,35-,36?,37?,38+/m0/s1. The number of rotatable bonds is 32.